The first-order valence-corrected chi connectivity index (χ1v) is 11.8. The molecule has 0 saturated carbocycles. The Bertz CT molecular complexity index is 1070. The van der Waals surface area contributed by atoms with Crippen LogP contribution in [0.2, 0.25) is 0 Å². The zero-order valence-electron chi connectivity index (χ0n) is 19.5. The van der Waals surface area contributed by atoms with Crippen molar-refractivity contribution in [2.75, 3.05) is 6.61 Å². The van der Waals surface area contributed by atoms with Crippen LogP contribution < -0.4 is 9.47 Å². The second-order valence-corrected chi connectivity index (χ2v) is 8.30. The number of hydrogen-bond acceptors (Lipinski definition) is 3. The van der Waals surface area contributed by atoms with E-state index in [1.54, 1.807) is 12.1 Å². The molecule has 0 aliphatic heterocycles. The third kappa shape index (κ3) is 5.37. The molecule has 0 aliphatic rings. The first-order chi connectivity index (χ1) is 16.7. The minimum atomic E-state index is -0.366. The summed E-state index contributed by atoms with van der Waals surface area (Å²) < 4.78 is 11.6. The van der Waals surface area contributed by atoms with E-state index in [9.17, 15) is 4.79 Å². The summed E-state index contributed by atoms with van der Waals surface area (Å²) >= 11 is 0. The van der Waals surface area contributed by atoms with E-state index >= 15 is 0 Å². The molecule has 0 saturated heterocycles. The van der Waals surface area contributed by atoms with Crippen molar-refractivity contribution in [2.24, 2.45) is 0 Å². The summed E-state index contributed by atoms with van der Waals surface area (Å²) in [5.41, 5.74) is 3.30. The highest BCUT2D eigenvalue weighted by atomic mass is 16.5. The number of carbonyl (C=O) groups excluding carboxylic acids is 1. The van der Waals surface area contributed by atoms with Gasteiger partial charge in [-0.2, -0.15) is 0 Å². The SMILES string of the molecule is CCCC(=O)Oc1cccc(OCCC(c2ccccc2)(c2ccccc2)c2ccccc2)c1. The van der Waals surface area contributed by atoms with Gasteiger partial charge in [-0.1, -0.05) is 104 Å². The lowest BCUT2D eigenvalue weighted by Gasteiger charge is -2.36. The fraction of sp³-hybridized carbons (Fsp3) is 0.194. The Morgan fingerprint density at radius 3 is 1.68 bits per heavy atom. The maximum Gasteiger partial charge on any atom is 0.311 e. The molecule has 4 rings (SSSR count). The van der Waals surface area contributed by atoms with Gasteiger partial charge in [0, 0.05) is 17.9 Å². The fourth-order valence-electron chi connectivity index (χ4n) is 4.44. The van der Waals surface area contributed by atoms with Crippen molar-refractivity contribution >= 4 is 5.97 Å². The molecule has 34 heavy (non-hydrogen) atoms. The molecule has 0 spiro atoms. The number of esters is 1. The van der Waals surface area contributed by atoms with Crippen LogP contribution in [-0.2, 0) is 10.2 Å². The van der Waals surface area contributed by atoms with Gasteiger partial charge in [0.05, 0.1) is 6.61 Å². The molecule has 0 atom stereocenters. The van der Waals surface area contributed by atoms with Crippen LogP contribution in [0.1, 0.15) is 42.9 Å². The normalized spacial score (nSPS) is 11.1. The van der Waals surface area contributed by atoms with Crippen LogP contribution in [0.15, 0.2) is 115 Å². The lowest BCUT2D eigenvalue weighted by Crippen LogP contribution is -2.31. The first-order valence-electron chi connectivity index (χ1n) is 11.8. The Labute approximate surface area is 202 Å². The summed E-state index contributed by atoms with van der Waals surface area (Å²) in [5, 5.41) is 0. The van der Waals surface area contributed by atoms with Crippen LogP contribution in [0.25, 0.3) is 0 Å². The number of benzene rings is 4. The number of rotatable bonds is 10. The molecule has 3 heteroatoms. The van der Waals surface area contributed by atoms with Crippen molar-refractivity contribution in [1.29, 1.82) is 0 Å². The molecule has 172 valence electrons. The third-order valence-electron chi connectivity index (χ3n) is 6.04. The van der Waals surface area contributed by atoms with E-state index in [1.165, 1.54) is 16.7 Å². The molecule has 4 aromatic rings. The van der Waals surface area contributed by atoms with Crippen LogP contribution >= 0.6 is 0 Å². The van der Waals surface area contributed by atoms with Crippen molar-refractivity contribution in [1.82, 2.24) is 0 Å². The van der Waals surface area contributed by atoms with Gasteiger partial charge in [0.15, 0.2) is 0 Å². The highest BCUT2D eigenvalue weighted by molar-refractivity contribution is 5.72. The van der Waals surface area contributed by atoms with Crippen molar-refractivity contribution < 1.29 is 14.3 Å². The fourth-order valence-corrected chi connectivity index (χ4v) is 4.44. The average molecular weight is 451 g/mol. The van der Waals surface area contributed by atoms with Crippen molar-refractivity contribution in [3.05, 3.63) is 132 Å². The lowest BCUT2D eigenvalue weighted by atomic mass is 9.67. The van der Waals surface area contributed by atoms with Crippen molar-refractivity contribution in [3.8, 4) is 11.5 Å². The second kappa shape index (κ2) is 11.3. The predicted octanol–water partition coefficient (Wildman–Crippen LogP) is 7.20. The molecule has 0 fully saturated rings. The summed E-state index contributed by atoms with van der Waals surface area (Å²) in [6.45, 7) is 2.45. The van der Waals surface area contributed by atoms with Crippen LogP contribution in [-0.4, -0.2) is 12.6 Å². The number of carbonyl (C=O) groups is 1. The van der Waals surface area contributed by atoms with Gasteiger partial charge in [0.1, 0.15) is 11.5 Å². The maximum atomic E-state index is 11.9. The summed E-state index contributed by atoms with van der Waals surface area (Å²) in [6, 6.07) is 39.1. The molecule has 0 amide bonds. The minimum absolute atomic E-state index is 0.226. The smallest absolute Gasteiger partial charge is 0.311 e. The molecule has 0 unspecified atom stereocenters. The predicted molar refractivity (Wildman–Crippen MR) is 136 cm³/mol. The lowest BCUT2D eigenvalue weighted by molar-refractivity contribution is -0.134. The van der Waals surface area contributed by atoms with E-state index < -0.39 is 0 Å². The molecular weight excluding hydrogens is 420 g/mol. The second-order valence-electron chi connectivity index (χ2n) is 8.30. The highest BCUT2D eigenvalue weighted by Crippen LogP contribution is 2.42. The molecule has 0 aromatic heterocycles. The van der Waals surface area contributed by atoms with E-state index in [2.05, 4.69) is 72.8 Å². The Balaban J connectivity index is 1.63. The minimum Gasteiger partial charge on any atom is -0.493 e. The van der Waals surface area contributed by atoms with Gasteiger partial charge >= 0.3 is 5.97 Å². The van der Waals surface area contributed by atoms with E-state index in [-0.39, 0.29) is 11.4 Å². The van der Waals surface area contributed by atoms with Gasteiger partial charge in [-0.3, -0.25) is 4.79 Å². The summed E-state index contributed by atoms with van der Waals surface area (Å²) in [6.07, 6.45) is 1.90. The number of ether oxygens (including phenoxy) is 2. The zero-order valence-corrected chi connectivity index (χ0v) is 19.5. The van der Waals surface area contributed by atoms with E-state index in [4.69, 9.17) is 9.47 Å². The van der Waals surface area contributed by atoms with Gasteiger partial charge in [-0.05, 0) is 41.7 Å². The topological polar surface area (TPSA) is 35.5 Å². The van der Waals surface area contributed by atoms with Gasteiger partial charge in [0.2, 0.25) is 0 Å². The Kier molecular flexibility index (Phi) is 7.77. The van der Waals surface area contributed by atoms with Crippen molar-refractivity contribution in [2.45, 2.75) is 31.6 Å². The maximum absolute atomic E-state index is 11.9. The Morgan fingerprint density at radius 1 is 0.676 bits per heavy atom. The summed E-state index contributed by atoms with van der Waals surface area (Å²) in [5.74, 6) is 0.970. The van der Waals surface area contributed by atoms with Gasteiger partial charge in [0.25, 0.3) is 0 Å². The van der Waals surface area contributed by atoms with E-state index in [0.29, 0.717) is 24.5 Å². The van der Waals surface area contributed by atoms with Gasteiger partial charge in [-0.25, -0.2) is 0 Å². The third-order valence-corrected chi connectivity index (χ3v) is 6.04. The van der Waals surface area contributed by atoms with E-state index in [0.717, 1.165) is 12.8 Å². The van der Waals surface area contributed by atoms with Crippen LogP contribution in [0.3, 0.4) is 0 Å². The largest absolute Gasteiger partial charge is 0.493 e. The average Bonchev–Trinajstić information content (AvgIpc) is 2.89. The highest BCUT2D eigenvalue weighted by Gasteiger charge is 2.36. The van der Waals surface area contributed by atoms with Gasteiger partial charge < -0.3 is 9.47 Å². The zero-order chi connectivity index (χ0) is 23.6. The summed E-state index contributed by atoms with van der Waals surface area (Å²) in [4.78, 5) is 11.9. The van der Waals surface area contributed by atoms with E-state index in [1.807, 2.05) is 37.3 Å². The van der Waals surface area contributed by atoms with Crippen molar-refractivity contribution in [3.63, 3.8) is 0 Å². The monoisotopic (exact) mass is 450 g/mol. The quantitative estimate of drug-likeness (QED) is 0.146. The molecular formula is C31H30O3. The number of hydrogen-bond donors (Lipinski definition) is 0. The molecule has 3 nitrogen and oxygen atoms in total. The first kappa shape index (κ1) is 23.3. The molecule has 0 heterocycles. The summed E-state index contributed by atoms with van der Waals surface area (Å²) in [7, 11) is 0. The Hall–Kier alpha value is -3.85. The standard InChI is InChI=1S/C31H30O3/c1-2-13-30(32)34-29-21-12-20-28(24-29)33-23-22-31(25-14-6-3-7-15-25,26-16-8-4-9-17-26)27-18-10-5-11-19-27/h3-12,14-21,24H,2,13,22-23H2,1H3. The molecule has 0 aliphatic carbocycles. The molecule has 0 N–H and O–H groups in total. The van der Waals surface area contributed by atoms with Crippen LogP contribution in [0.4, 0.5) is 0 Å². The Morgan fingerprint density at radius 2 is 1.18 bits per heavy atom. The van der Waals surface area contributed by atoms with Crippen LogP contribution in [0, 0.1) is 0 Å². The molecule has 0 bridgehead atoms. The van der Waals surface area contributed by atoms with Gasteiger partial charge in [-0.15, -0.1) is 0 Å². The molecule has 4 aromatic carbocycles. The molecule has 0 radical (unpaired) electrons. The van der Waals surface area contributed by atoms with Crippen LogP contribution in [0.5, 0.6) is 11.5 Å².